The van der Waals surface area contributed by atoms with Crippen molar-refractivity contribution in [3.05, 3.63) is 48.0 Å². The van der Waals surface area contributed by atoms with Gasteiger partial charge in [-0.3, -0.25) is 0 Å². The predicted octanol–water partition coefficient (Wildman–Crippen LogP) is 6.34. The van der Waals surface area contributed by atoms with Gasteiger partial charge in [-0.15, -0.1) is 0 Å². The average molecular weight is 501 g/mol. The van der Waals surface area contributed by atoms with Gasteiger partial charge in [0, 0.05) is 5.92 Å². The summed E-state index contributed by atoms with van der Waals surface area (Å²) in [5, 5.41) is 10.7. The number of hydrogen-bond donors (Lipinski definition) is 1. The van der Waals surface area contributed by atoms with Gasteiger partial charge in [0.15, 0.2) is 8.32 Å². The van der Waals surface area contributed by atoms with Crippen LogP contribution in [0.1, 0.15) is 39.4 Å². The highest BCUT2D eigenvalue weighted by Crippen LogP contribution is 2.39. The van der Waals surface area contributed by atoms with E-state index in [0.29, 0.717) is 5.56 Å². The minimum absolute atomic E-state index is 0.654. The van der Waals surface area contributed by atoms with Crippen molar-refractivity contribution in [2.75, 3.05) is 0 Å². The molecule has 0 saturated carbocycles. The normalized spacial score (nSPS) is 15.8. The fourth-order valence-corrected chi connectivity index (χ4v) is 6.39. The van der Waals surface area contributed by atoms with Gasteiger partial charge in [0.25, 0.3) is 6.10 Å². The summed E-state index contributed by atoms with van der Waals surface area (Å²) in [6.07, 6.45) is -18.6. The Labute approximate surface area is 190 Å². The van der Waals surface area contributed by atoms with E-state index in [-0.39, 0.29) is 0 Å². The molecule has 1 rings (SSSR count). The van der Waals surface area contributed by atoms with E-state index in [1.165, 1.54) is 6.92 Å². The number of benzene rings is 1. The number of esters is 1. The first-order valence-electron chi connectivity index (χ1n) is 10.6. The zero-order valence-electron chi connectivity index (χ0n) is 19.0. The molecule has 1 aromatic rings. The first-order chi connectivity index (χ1) is 15.1. The molecule has 0 bridgehead atoms. The van der Waals surface area contributed by atoms with Crippen LogP contribution < -0.4 is 0 Å². The van der Waals surface area contributed by atoms with Crippen LogP contribution >= 0.6 is 0 Å². The van der Waals surface area contributed by atoms with Crippen molar-refractivity contribution in [3.8, 4) is 0 Å². The molecule has 0 amide bonds. The van der Waals surface area contributed by atoms with Crippen molar-refractivity contribution in [1.82, 2.24) is 0 Å². The second kappa shape index (κ2) is 11.5. The predicted molar refractivity (Wildman–Crippen MR) is 114 cm³/mol. The molecule has 0 aliphatic rings. The third-order valence-corrected chi connectivity index (χ3v) is 10.5. The average Bonchev–Trinajstić information content (AvgIpc) is 2.76. The lowest BCUT2D eigenvalue weighted by Crippen LogP contribution is -2.46. The maximum Gasteiger partial charge on any atom is 0.434 e. The minimum atomic E-state index is -5.87. The molecule has 0 heterocycles. The zero-order valence-corrected chi connectivity index (χ0v) is 20.0. The molecule has 0 saturated heterocycles. The van der Waals surface area contributed by atoms with Gasteiger partial charge < -0.3 is 14.3 Å². The van der Waals surface area contributed by atoms with Crippen molar-refractivity contribution in [3.63, 3.8) is 0 Å². The monoisotopic (exact) mass is 500 g/mol. The topological polar surface area (TPSA) is 55.8 Å². The molecule has 0 spiro atoms. The Bertz CT molecular complexity index is 755. The number of alkyl halides is 6. The van der Waals surface area contributed by atoms with E-state index in [9.17, 15) is 36.2 Å². The van der Waals surface area contributed by atoms with E-state index in [1.54, 1.807) is 30.3 Å². The first kappa shape index (κ1) is 29.2. The number of carbonyl (C=O) groups is 1. The zero-order chi connectivity index (χ0) is 25.6. The summed E-state index contributed by atoms with van der Waals surface area (Å²) in [6.45, 7) is 10.7. The smallest absolute Gasteiger partial charge is 0.434 e. The molecule has 11 heteroatoms. The number of ether oxygens (including phenoxy) is 1. The highest BCUT2D eigenvalue weighted by Gasteiger charge is 2.60. The molecule has 188 valence electrons. The van der Waals surface area contributed by atoms with Crippen LogP contribution in [0.5, 0.6) is 0 Å². The van der Waals surface area contributed by atoms with Crippen molar-refractivity contribution >= 4 is 14.3 Å². The Hall–Kier alpha value is -1.85. The SMILES string of the molecule is C=C(C(=O)OC(C(F)(F)F)C(F)(F)F)[C@@H](O)[C@H](C)[C@H](O[Si](CC)(CC)CC)c1ccccc1. The molecule has 0 aliphatic heterocycles. The van der Waals surface area contributed by atoms with E-state index in [0.717, 1.165) is 18.1 Å². The maximum atomic E-state index is 12.7. The lowest BCUT2D eigenvalue weighted by molar-refractivity contribution is -0.312. The summed E-state index contributed by atoms with van der Waals surface area (Å²) in [6, 6.07) is 11.0. The van der Waals surface area contributed by atoms with Crippen LogP contribution in [-0.2, 0) is 14.0 Å². The number of aliphatic hydroxyl groups excluding tert-OH is 1. The fraction of sp³-hybridized carbons (Fsp3) is 0.591. The molecule has 33 heavy (non-hydrogen) atoms. The van der Waals surface area contributed by atoms with Crippen molar-refractivity contribution < 1.29 is 45.4 Å². The van der Waals surface area contributed by atoms with Gasteiger partial charge in [0.2, 0.25) is 0 Å². The molecule has 3 atom stereocenters. The van der Waals surface area contributed by atoms with Gasteiger partial charge in [-0.05, 0) is 23.7 Å². The minimum Gasteiger partial charge on any atom is -0.439 e. The van der Waals surface area contributed by atoms with Crippen LogP contribution in [0.3, 0.4) is 0 Å². The van der Waals surface area contributed by atoms with Gasteiger partial charge in [-0.2, -0.15) is 26.3 Å². The lowest BCUT2D eigenvalue weighted by atomic mass is 9.89. The van der Waals surface area contributed by atoms with Crippen LogP contribution in [0.25, 0.3) is 0 Å². The maximum absolute atomic E-state index is 12.7. The van der Waals surface area contributed by atoms with Gasteiger partial charge in [-0.25, -0.2) is 4.79 Å². The van der Waals surface area contributed by atoms with Crippen LogP contribution in [-0.4, -0.2) is 44.0 Å². The van der Waals surface area contributed by atoms with Crippen molar-refractivity contribution in [1.29, 1.82) is 0 Å². The van der Waals surface area contributed by atoms with Crippen LogP contribution in [0.4, 0.5) is 26.3 Å². The summed E-state index contributed by atoms with van der Waals surface area (Å²) in [5.41, 5.74) is -0.261. The lowest BCUT2D eigenvalue weighted by Gasteiger charge is -2.38. The molecule has 0 aliphatic carbocycles. The number of halogens is 6. The third-order valence-electron chi connectivity index (χ3n) is 5.85. The molecule has 1 N–H and O–H groups in total. The largest absolute Gasteiger partial charge is 0.439 e. The number of aliphatic hydroxyl groups is 1. The third kappa shape index (κ3) is 7.58. The number of rotatable bonds is 11. The van der Waals surface area contributed by atoms with Gasteiger partial charge in [0.05, 0.1) is 17.8 Å². The Morgan fingerprint density at radius 1 is 1.00 bits per heavy atom. The van der Waals surface area contributed by atoms with Gasteiger partial charge >= 0.3 is 18.3 Å². The molecule has 0 aromatic heterocycles. The van der Waals surface area contributed by atoms with E-state index in [4.69, 9.17) is 4.43 Å². The standard InChI is InChI=1S/C22H30F6O4Si/c1-6-33(7-2,8-3)32-18(16-12-10-9-11-13-16)14(4)17(29)15(5)19(30)31-20(21(23,24)25)22(26,27)28/h9-14,17-18,20,29H,5-8H2,1-4H3/t14-,17-,18-/m0/s1. The summed E-state index contributed by atoms with van der Waals surface area (Å²) < 4.78 is 86.7. The Morgan fingerprint density at radius 3 is 1.85 bits per heavy atom. The Morgan fingerprint density at radius 2 is 1.45 bits per heavy atom. The summed E-state index contributed by atoms with van der Waals surface area (Å²) >= 11 is 0. The van der Waals surface area contributed by atoms with Crippen molar-refractivity contribution in [2.24, 2.45) is 5.92 Å². The number of carbonyl (C=O) groups excluding carboxylic acids is 1. The quantitative estimate of drug-likeness (QED) is 0.167. The van der Waals surface area contributed by atoms with Crippen molar-refractivity contribution in [2.45, 2.75) is 76.5 Å². The first-order valence-corrected chi connectivity index (χ1v) is 13.1. The van der Waals surface area contributed by atoms with E-state index in [2.05, 4.69) is 11.3 Å². The number of hydrogen-bond acceptors (Lipinski definition) is 4. The molecule has 1 aromatic carbocycles. The second-order valence-corrected chi connectivity index (χ2v) is 12.6. The highest BCUT2D eigenvalue weighted by molar-refractivity contribution is 6.73. The van der Waals surface area contributed by atoms with Gasteiger partial charge in [-0.1, -0.05) is 64.6 Å². The molecule has 0 radical (unpaired) electrons. The Kier molecular flexibility index (Phi) is 10.2. The molecular weight excluding hydrogens is 470 g/mol. The molecule has 4 nitrogen and oxygen atoms in total. The van der Waals surface area contributed by atoms with Crippen LogP contribution in [0.15, 0.2) is 42.5 Å². The van der Waals surface area contributed by atoms with E-state index in [1.807, 2.05) is 20.8 Å². The van der Waals surface area contributed by atoms with Crippen LogP contribution in [0, 0.1) is 5.92 Å². The van der Waals surface area contributed by atoms with Crippen LogP contribution in [0.2, 0.25) is 18.1 Å². The second-order valence-electron chi connectivity index (χ2n) is 7.89. The van der Waals surface area contributed by atoms with Gasteiger partial charge in [0.1, 0.15) is 0 Å². The summed E-state index contributed by atoms with van der Waals surface area (Å²) in [7, 11) is -2.26. The fourth-order valence-electron chi connectivity index (χ4n) is 3.50. The summed E-state index contributed by atoms with van der Waals surface area (Å²) in [5.74, 6) is -2.90. The Balaban J connectivity index is 3.20. The van der Waals surface area contributed by atoms with E-state index >= 15 is 0 Å². The molecule has 0 fully saturated rings. The van der Waals surface area contributed by atoms with E-state index < -0.39 is 56.4 Å². The molecular formula is C22H30F6O4Si. The summed E-state index contributed by atoms with van der Waals surface area (Å²) in [4.78, 5) is 12.1. The highest BCUT2D eigenvalue weighted by atomic mass is 28.4. The molecule has 0 unspecified atom stereocenters.